The number of hydrogen-bond acceptors (Lipinski definition) is 4. The molecule has 2 aliphatic rings. The van der Waals surface area contributed by atoms with Crippen LogP contribution in [0.2, 0.25) is 10.0 Å². The van der Waals surface area contributed by atoms with Crippen LogP contribution in [-0.2, 0) is 11.3 Å². The molecule has 2 aromatic rings. The van der Waals surface area contributed by atoms with Crippen LogP contribution in [0.15, 0.2) is 42.5 Å². The molecule has 0 amide bonds. The summed E-state index contributed by atoms with van der Waals surface area (Å²) >= 11 is 12.2. The third-order valence-electron chi connectivity index (χ3n) is 4.92. The van der Waals surface area contributed by atoms with Crippen LogP contribution < -0.4 is 10.1 Å². The Morgan fingerprint density at radius 1 is 1.08 bits per heavy atom. The molecule has 138 valence electrons. The van der Waals surface area contributed by atoms with Gasteiger partial charge in [0.25, 0.3) is 0 Å². The number of piperazine rings is 1. The summed E-state index contributed by atoms with van der Waals surface area (Å²) < 4.78 is 12.3. The Kier molecular flexibility index (Phi) is 5.67. The van der Waals surface area contributed by atoms with Gasteiger partial charge in [0.2, 0.25) is 0 Å². The molecule has 2 aliphatic heterocycles. The van der Waals surface area contributed by atoms with Gasteiger partial charge >= 0.3 is 0 Å². The molecule has 4 nitrogen and oxygen atoms in total. The van der Waals surface area contributed by atoms with E-state index in [9.17, 15) is 0 Å². The highest BCUT2D eigenvalue weighted by Crippen LogP contribution is 2.37. The number of benzene rings is 2. The maximum atomic E-state index is 6.30. The van der Waals surface area contributed by atoms with Crippen LogP contribution in [0.5, 0.6) is 5.75 Å². The summed E-state index contributed by atoms with van der Waals surface area (Å²) in [5, 5.41) is 4.67. The molecule has 2 atom stereocenters. The Labute approximate surface area is 164 Å². The predicted octanol–water partition coefficient (Wildman–Crippen LogP) is 3.92. The van der Waals surface area contributed by atoms with Gasteiger partial charge in [-0.15, -0.1) is 0 Å². The molecular weight excluding hydrogens is 371 g/mol. The normalized spacial score (nSPS) is 23.3. The van der Waals surface area contributed by atoms with Crippen LogP contribution in [0.25, 0.3) is 0 Å². The van der Waals surface area contributed by atoms with E-state index in [0.29, 0.717) is 23.3 Å². The first-order valence-electron chi connectivity index (χ1n) is 8.94. The Hall–Kier alpha value is -1.30. The zero-order chi connectivity index (χ0) is 17.9. The minimum absolute atomic E-state index is 0.0410. The van der Waals surface area contributed by atoms with E-state index in [2.05, 4.69) is 22.3 Å². The van der Waals surface area contributed by atoms with E-state index >= 15 is 0 Å². The van der Waals surface area contributed by atoms with Crippen molar-refractivity contribution in [2.75, 3.05) is 32.8 Å². The lowest BCUT2D eigenvalue weighted by molar-refractivity contribution is -0.0617. The largest absolute Gasteiger partial charge is 0.490 e. The minimum Gasteiger partial charge on any atom is -0.490 e. The Balaban J connectivity index is 1.55. The van der Waals surface area contributed by atoms with Crippen LogP contribution >= 0.6 is 23.2 Å². The smallest absolute Gasteiger partial charge is 0.124 e. The van der Waals surface area contributed by atoms with Gasteiger partial charge in [0.1, 0.15) is 18.5 Å². The first-order valence-corrected chi connectivity index (χ1v) is 9.69. The summed E-state index contributed by atoms with van der Waals surface area (Å²) in [5.74, 6) is 0.960. The molecule has 6 heteroatoms. The Bertz CT molecular complexity index is 745. The highest BCUT2D eigenvalue weighted by molar-refractivity contribution is 6.34. The van der Waals surface area contributed by atoms with Crippen molar-refractivity contribution in [3.8, 4) is 5.75 Å². The SMILES string of the molecule is Clc1cc(Cl)cc(COC2COc3ccccc3C2N2CCNCC2)c1. The number of fused-ring (bicyclic) bond motifs is 1. The zero-order valence-corrected chi connectivity index (χ0v) is 16.0. The van der Waals surface area contributed by atoms with Gasteiger partial charge in [-0.1, -0.05) is 41.4 Å². The molecule has 26 heavy (non-hydrogen) atoms. The highest BCUT2D eigenvalue weighted by atomic mass is 35.5. The van der Waals surface area contributed by atoms with Gasteiger partial charge in [0, 0.05) is 41.8 Å². The van der Waals surface area contributed by atoms with Crippen molar-refractivity contribution in [1.29, 1.82) is 0 Å². The topological polar surface area (TPSA) is 33.7 Å². The molecule has 4 rings (SSSR count). The summed E-state index contributed by atoms with van der Waals surface area (Å²) in [7, 11) is 0. The lowest BCUT2D eigenvalue weighted by Gasteiger charge is -2.42. The molecule has 2 unspecified atom stereocenters. The number of nitrogens with one attached hydrogen (secondary N) is 1. The monoisotopic (exact) mass is 392 g/mol. The van der Waals surface area contributed by atoms with Gasteiger partial charge in [0.15, 0.2) is 0 Å². The number of ether oxygens (including phenoxy) is 2. The number of halogens is 2. The molecule has 1 saturated heterocycles. The zero-order valence-electron chi connectivity index (χ0n) is 14.5. The second kappa shape index (κ2) is 8.15. The summed E-state index contributed by atoms with van der Waals surface area (Å²) in [5.41, 5.74) is 2.18. The average molecular weight is 393 g/mol. The molecule has 0 radical (unpaired) electrons. The van der Waals surface area contributed by atoms with E-state index in [0.717, 1.165) is 37.5 Å². The van der Waals surface area contributed by atoms with Gasteiger partial charge in [-0.2, -0.15) is 0 Å². The van der Waals surface area contributed by atoms with Crippen LogP contribution in [0.3, 0.4) is 0 Å². The Morgan fingerprint density at radius 2 is 1.81 bits per heavy atom. The van der Waals surface area contributed by atoms with Crippen LogP contribution in [0.4, 0.5) is 0 Å². The minimum atomic E-state index is -0.0410. The first kappa shape index (κ1) is 18.1. The van der Waals surface area contributed by atoms with Crippen molar-refractivity contribution < 1.29 is 9.47 Å². The van der Waals surface area contributed by atoms with Crippen LogP contribution in [0, 0.1) is 0 Å². The van der Waals surface area contributed by atoms with E-state index in [4.69, 9.17) is 32.7 Å². The van der Waals surface area contributed by atoms with Gasteiger partial charge in [0.05, 0.1) is 12.6 Å². The molecule has 2 heterocycles. The number of hydrogen-bond donors (Lipinski definition) is 1. The quantitative estimate of drug-likeness (QED) is 0.854. The van der Waals surface area contributed by atoms with Gasteiger partial charge in [-0.05, 0) is 29.8 Å². The maximum Gasteiger partial charge on any atom is 0.124 e. The fourth-order valence-electron chi connectivity index (χ4n) is 3.75. The van der Waals surface area contributed by atoms with Crippen molar-refractivity contribution in [3.63, 3.8) is 0 Å². The number of nitrogens with zero attached hydrogens (tertiary/aromatic N) is 1. The fraction of sp³-hybridized carbons (Fsp3) is 0.400. The molecule has 0 aromatic heterocycles. The standard InChI is InChI=1S/C20H22Cl2N2O2/c21-15-9-14(10-16(22)11-15)12-25-19-13-26-18-4-2-1-3-17(18)20(19)24-7-5-23-6-8-24/h1-4,9-11,19-20,23H,5-8,12-13H2. The third-order valence-corrected chi connectivity index (χ3v) is 5.36. The summed E-state index contributed by atoms with van der Waals surface area (Å²) in [4.78, 5) is 2.49. The fourth-order valence-corrected chi connectivity index (χ4v) is 4.32. The van der Waals surface area contributed by atoms with Crippen molar-refractivity contribution in [1.82, 2.24) is 10.2 Å². The lowest BCUT2D eigenvalue weighted by Crippen LogP contribution is -2.51. The Morgan fingerprint density at radius 3 is 2.58 bits per heavy atom. The summed E-state index contributed by atoms with van der Waals surface area (Å²) in [6.45, 7) is 5.00. The second-order valence-corrected chi connectivity index (χ2v) is 7.58. The van der Waals surface area contributed by atoms with E-state index in [1.807, 2.05) is 24.3 Å². The lowest BCUT2D eigenvalue weighted by atomic mass is 9.95. The van der Waals surface area contributed by atoms with Gasteiger partial charge in [-0.25, -0.2) is 0 Å². The van der Waals surface area contributed by atoms with Crippen molar-refractivity contribution in [3.05, 3.63) is 63.6 Å². The van der Waals surface area contributed by atoms with E-state index in [1.54, 1.807) is 6.07 Å². The van der Waals surface area contributed by atoms with Gasteiger partial charge < -0.3 is 14.8 Å². The van der Waals surface area contributed by atoms with Crippen LogP contribution in [-0.4, -0.2) is 43.8 Å². The molecule has 0 bridgehead atoms. The number of para-hydroxylation sites is 1. The molecular formula is C20H22Cl2N2O2. The summed E-state index contributed by atoms with van der Waals surface area (Å²) in [6.07, 6.45) is -0.0410. The molecule has 2 aromatic carbocycles. The second-order valence-electron chi connectivity index (χ2n) is 6.71. The molecule has 1 N–H and O–H groups in total. The number of rotatable bonds is 4. The molecule has 0 aliphatic carbocycles. The molecule has 0 spiro atoms. The average Bonchev–Trinajstić information content (AvgIpc) is 2.66. The van der Waals surface area contributed by atoms with E-state index < -0.39 is 0 Å². The third kappa shape index (κ3) is 4.00. The summed E-state index contributed by atoms with van der Waals surface area (Å²) in [6, 6.07) is 14.0. The predicted molar refractivity (Wildman–Crippen MR) is 104 cm³/mol. The maximum absolute atomic E-state index is 6.30. The van der Waals surface area contributed by atoms with Crippen molar-refractivity contribution >= 4 is 23.2 Å². The highest BCUT2D eigenvalue weighted by Gasteiger charge is 2.36. The molecule has 1 fully saturated rings. The van der Waals surface area contributed by atoms with E-state index in [-0.39, 0.29) is 12.1 Å². The van der Waals surface area contributed by atoms with Crippen molar-refractivity contribution in [2.24, 2.45) is 0 Å². The molecule has 0 saturated carbocycles. The van der Waals surface area contributed by atoms with Crippen LogP contribution in [0.1, 0.15) is 17.2 Å². The first-order chi connectivity index (χ1) is 12.7. The van der Waals surface area contributed by atoms with E-state index in [1.165, 1.54) is 5.56 Å². The van der Waals surface area contributed by atoms with Gasteiger partial charge in [-0.3, -0.25) is 4.90 Å². The van der Waals surface area contributed by atoms with Crippen molar-refractivity contribution in [2.45, 2.75) is 18.8 Å².